The summed E-state index contributed by atoms with van der Waals surface area (Å²) in [6, 6.07) is 5.48. The maximum atomic E-state index is 12.0. The van der Waals surface area contributed by atoms with E-state index in [1.54, 1.807) is 19.1 Å². The summed E-state index contributed by atoms with van der Waals surface area (Å²) in [6.07, 6.45) is 1.67. The molecule has 1 amide bonds. The van der Waals surface area contributed by atoms with Gasteiger partial charge in [-0.2, -0.15) is 0 Å². The Balaban J connectivity index is 2.18. The van der Waals surface area contributed by atoms with Crippen molar-refractivity contribution in [2.24, 2.45) is 0 Å². The number of hydrogen-bond donors (Lipinski definition) is 2. The largest absolute Gasteiger partial charge is 0.438 e. The number of amides is 1. The van der Waals surface area contributed by atoms with Gasteiger partial charge in [0.2, 0.25) is 5.76 Å². The smallest absolute Gasteiger partial charge is 0.293 e. The lowest BCUT2D eigenvalue weighted by Crippen LogP contribution is -2.12. The molecule has 1 heterocycles. The van der Waals surface area contributed by atoms with Gasteiger partial charge in [0.1, 0.15) is 0 Å². The third-order valence-corrected chi connectivity index (χ3v) is 2.91. The van der Waals surface area contributed by atoms with Crippen molar-refractivity contribution in [1.82, 2.24) is 4.98 Å². The highest BCUT2D eigenvalue weighted by atomic mass is 16.3. The molecule has 0 saturated heterocycles. The highest BCUT2D eigenvalue weighted by Crippen LogP contribution is 2.16. The van der Waals surface area contributed by atoms with Gasteiger partial charge >= 0.3 is 0 Å². The Morgan fingerprint density at radius 2 is 2.24 bits per heavy atom. The molecule has 1 aromatic carbocycles. The molecule has 0 saturated carbocycles. The van der Waals surface area contributed by atoms with E-state index < -0.39 is 0 Å². The second-order valence-corrected chi connectivity index (χ2v) is 4.53. The molecule has 0 fully saturated rings. The fraction of sp³-hybridized carbons (Fsp3) is 0.250. The van der Waals surface area contributed by atoms with E-state index in [2.05, 4.69) is 22.1 Å². The number of nitrogens with zero attached hydrogens (tertiary/aromatic N) is 1. The molecule has 2 aromatic rings. The van der Waals surface area contributed by atoms with Gasteiger partial charge in [-0.1, -0.05) is 17.9 Å². The van der Waals surface area contributed by atoms with Gasteiger partial charge in [0.15, 0.2) is 6.39 Å². The topological polar surface area (TPSA) is 75.4 Å². The Labute approximate surface area is 123 Å². The maximum Gasteiger partial charge on any atom is 0.293 e. The number of oxazole rings is 1. The third kappa shape index (κ3) is 3.71. The zero-order valence-corrected chi connectivity index (χ0v) is 11.9. The molecule has 0 aliphatic heterocycles. The fourth-order valence-corrected chi connectivity index (χ4v) is 1.76. The summed E-state index contributed by atoms with van der Waals surface area (Å²) in [4.78, 5) is 15.9. The van der Waals surface area contributed by atoms with Crippen molar-refractivity contribution in [2.45, 2.75) is 20.3 Å². The van der Waals surface area contributed by atoms with Crippen LogP contribution in [0.5, 0.6) is 0 Å². The molecule has 0 spiro atoms. The van der Waals surface area contributed by atoms with E-state index in [4.69, 9.17) is 9.52 Å². The summed E-state index contributed by atoms with van der Waals surface area (Å²) in [6.45, 7) is 3.68. The molecule has 0 aliphatic carbocycles. The van der Waals surface area contributed by atoms with E-state index in [1.807, 2.05) is 13.0 Å². The average Bonchev–Trinajstić information content (AvgIpc) is 2.89. The number of nitrogens with one attached hydrogen (secondary N) is 1. The number of anilines is 1. The predicted octanol–water partition coefficient (Wildman–Crippen LogP) is 2.28. The first-order valence-electron chi connectivity index (χ1n) is 6.53. The number of carbonyl (C=O) groups is 1. The molecule has 2 N–H and O–H groups in total. The van der Waals surface area contributed by atoms with Gasteiger partial charge in [-0.15, -0.1) is 0 Å². The zero-order valence-electron chi connectivity index (χ0n) is 11.9. The van der Waals surface area contributed by atoms with Crippen LogP contribution in [0.25, 0.3) is 0 Å². The summed E-state index contributed by atoms with van der Waals surface area (Å²) in [5.74, 6) is 5.70. The van der Waals surface area contributed by atoms with E-state index >= 15 is 0 Å². The number of carbonyl (C=O) groups excluding carboxylic acids is 1. The van der Waals surface area contributed by atoms with Gasteiger partial charge in [-0.3, -0.25) is 4.79 Å². The normalized spacial score (nSPS) is 9.86. The molecular formula is C16H16N2O3. The molecule has 21 heavy (non-hydrogen) atoms. The quantitative estimate of drug-likeness (QED) is 0.848. The molecule has 0 atom stereocenters. The van der Waals surface area contributed by atoms with Crippen molar-refractivity contribution >= 4 is 11.6 Å². The van der Waals surface area contributed by atoms with Crippen LogP contribution in [0.3, 0.4) is 0 Å². The van der Waals surface area contributed by atoms with Crippen LogP contribution in [0.1, 0.15) is 33.8 Å². The molecule has 0 radical (unpaired) electrons. The van der Waals surface area contributed by atoms with Gasteiger partial charge in [0, 0.05) is 17.7 Å². The molecule has 5 heteroatoms. The summed E-state index contributed by atoms with van der Waals surface area (Å²) in [5.41, 5.74) is 3.00. The van der Waals surface area contributed by atoms with Crippen LogP contribution in [-0.2, 0) is 0 Å². The Morgan fingerprint density at radius 3 is 2.90 bits per heavy atom. The van der Waals surface area contributed by atoms with Crippen LogP contribution < -0.4 is 5.32 Å². The first-order chi connectivity index (χ1) is 10.1. The minimum absolute atomic E-state index is 0.0350. The molecule has 0 unspecified atom stereocenters. The Hall–Kier alpha value is -2.58. The lowest BCUT2D eigenvalue weighted by molar-refractivity contribution is 0.0996. The number of aliphatic hydroxyl groups is 1. The standard InChI is InChI=1S/C16H16N2O3/c1-11-6-7-14(9-13(11)5-3-4-8-19)18-16(20)15-12(2)17-10-21-15/h6-7,9-10,19H,4,8H2,1-2H3,(H,18,20). The molecular weight excluding hydrogens is 268 g/mol. The van der Waals surface area contributed by atoms with Crippen LogP contribution in [0.2, 0.25) is 0 Å². The summed E-state index contributed by atoms with van der Waals surface area (Å²) in [7, 11) is 0. The van der Waals surface area contributed by atoms with Crippen LogP contribution in [0.15, 0.2) is 29.0 Å². The number of aromatic nitrogens is 1. The van der Waals surface area contributed by atoms with Crippen LogP contribution in [-0.4, -0.2) is 22.6 Å². The van der Waals surface area contributed by atoms with Gasteiger partial charge in [-0.05, 0) is 31.5 Å². The van der Waals surface area contributed by atoms with E-state index in [0.717, 1.165) is 11.1 Å². The second kappa shape index (κ2) is 6.73. The summed E-state index contributed by atoms with van der Waals surface area (Å²) < 4.78 is 5.05. The third-order valence-electron chi connectivity index (χ3n) is 2.91. The van der Waals surface area contributed by atoms with Crippen molar-refractivity contribution in [3.8, 4) is 11.8 Å². The summed E-state index contributed by atoms with van der Waals surface area (Å²) in [5, 5.41) is 11.5. The number of aliphatic hydroxyl groups excluding tert-OH is 1. The van der Waals surface area contributed by atoms with Crippen LogP contribution in [0, 0.1) is 25.7 Å². The van der Waals surface area contributed by atoms with Crippen LogP contribution in [0.4, 0.5) is 5.69 Å². The first-order valence-corrected chi connectivity index (χ1v) is 6.53. The van der Waals surface area contributed by atoms with E-state index in [-0.39, 0.29) is 18.3 Å². The van der Waals surface area contributed by atoms with Crippen molar-refractivity contribution in [3.63, 3.8) is 0 Å². The number of aryl methyl sites for hydroxylation is 2. The fourth-order valence-electron chi connectivity index (χ4n) is 1.76. The monoisotopic (exact) mass is 284 g/mol. The summed E-state index contributed by atoms with van der Waals surface area (Å²) >= 11 is 0. The molecule has 108 valence electrons. The van der Waals surface area contributed by atoms with Gasteiger partial charge in [-0.25, -0.2) is 4.98 Å². The first kappa shape index (κ1) is 14.8. The Bertz CT molecular complexity index is 708. The minimum atomic E-state index is -0.344. The van der Waals surface area contributed by atoms with Gasteiger partial charge < -0.3 is 14.8 Å². The number of benzene rings is 1. The Kier molecular flexibility index (Phi) is 4.75. The highest BCUT2D eigenvalue weighted by Gasteiger charge is 2.14. The average molecular weight is 284 g/mol. The Morgan fingerprint density at radius 1 is 1.43 bits per heavy atom. The molecule has 0 aliphatic rings. The molecule has 1 aromatic heterocycles. The lowest BCUT2D eigenvalue weighted by Gasteiger charge is -2.06. The van der Waals surface area contributed by atoms with E-state index in [1.165, 1.54) is 6.39 Å². The maximum absolute atomic E-state index is 12.0. The van der Waals surface area contributed by atoms with Crippen LogP contribution >= 0.6 is 0 Å². The minimum Gasteiger partial charge on any atom is -0.438 e. The van der Waals surface area contributed by atoms with Crippen molar-refractivity contribution in [3.05, 3.63) is 47.2 Å². The zero-order chi connectivity index (χ0) is 15.2. The van der Waals surface area contributed by atoms with Crippen molar-refractivity contribution < 1.29 is 14.3 Å². The van der Waals surface area contributed by atoms with Crippen molar-refractivity contribution in [2.75, 3.05) is 11.9 Å². The molecule has 2 rings (SSSR count). The molecule has 5 nitrogen and oxygen atoms in total. The van der Waals surface area contributed by atoms with E-state index in [0.29, 0.717) is 17.8 Å². The molecule has 0 bridgehead atoms. The number of rotatable bonds is 3. The van der Waals surface area contributed by atoms with Gasteiger partial charge in [0.25, 0.3) is 5.91 Å². The van der Waals surface area contributed by atoms with Gasteiger partial charge in [0.05, 0.1) is 12.3 Å². The SMILES string of the molecule is Cc1ccc(NC(=O)c2ocnc2C)cc1C#CCCO. The van der Waals surface area contributed by atoms with Crippen molar-refractivity contribution in [1.29, 1.82) is 0 Å². The number of hydrogen-bond acceptors (Lipinski definition) is 4. The van der Waals surface area contributed by atoms with E-state index in [9.17, 15) is 4.79 Å². The lowest BCUT2D eigenvalue weighted by atomic mass is 10.1. The highest BCUT2D eigenvalue weighted by molar-refractivity contribution is 6.02. The predicted molar refractivity (Wildman–Crippen MR) is 79.0 cm³/mol. The second-order valence-electron chi connectivity index (χ2n) is 4.53.